The molecule has 0 aromatic carbocycles. The van der Waals surface area contributed by atoms with Gasteiger partial charge in [0.25, 0.3) is 5.91 Å². The second-order valence-corrected chi connectivity index (χ2v) is 3.87. The molecule has 1 amide bonds. The van der Waals surface area contributed by atoms with Crippen LogP contribution in [-0.4, -0.2) is 25.3 Å². The summed E-state index contributed by atoms with van der Waals surface area (Å²) >= 11 is 1.24. The Kier molecular flexibility index (Phi) is 2.46. The molecule has 2 aromatic rings. The van der Waals surface area contributed by atoms with E-state index in [9.17, 15) is 4.79 Å². The second-order valence-electron chi connectivity index (χ2n) is 3.06. The van der Waals surface area contributed by atoms with Gasteiger partial charge in [0.1, 0.15) is 5.00 Å². The van der Waals surface area contributed by atoms with Gasteiger partial charge in [0.05, 0.1) is 11.9 Å². The fourth-order valence-electron chi connectivity index (χ4n) is 1.05. The number of nitrogens with one attached hydrogen (secondary N) is 1. The lowest BCUT2D eigenvalue weighted by Crippen LogP contribution is -2.11. The third-order valence-corrected chi connectivity index (χ3v) is 2.50. The first-order valence-electron chi connectivity index (χ1n) is 4.26. The van der Waals surface area contributed by atoms with Crippen LogP contribution in [0.25, 0.3) is 0 Å². The van der Waals surface area contributed by atoms with Crippen molar-refractivity contribution in [2.45, 2.75) is 6.92 Å². The molecule has 1 N–H and O–H groups in total. The quantitative estimate of drug-likeness (QED) is 0.818. The minimum Gasteiger partial charge on any atom is -0.311 e. The Morgan fingerprint density at radius 2 is 2.40 bits per heavy atom. The monoisotopic (exact) mass is 223 g/mol. The molecule has 7 heteroatoms. The number of nitrogens with zero attached hydrogens (tertiary/aromatic N) is 4. The standard InChI is InChI=1S/C8H9N5OS/c1-5-3-7(15-11-5)9-8(14)6-4-13(2)12-10-6/h3-4H,1-2H3,(H,9,14). The zero-order valence-electron chi connectivity index (χ0n) is 8.26. The molecule has 2 rings (SSSR count). The zero-order chi connectivity index (χ0) is 10.8. The molecule has 0 saturated carbocycles. The first kappa shape index (κ1) is 9.78. The van der Waals surface area contributed by atoms with Crippen molar-refractivity contribution in [3.05, 3.63) is 23.7 Å². The van der Waals surface area contributed by atoms with Gasteiger partial charge in [-0.2, -0.15) is 4.37 Å². The lowest BCUT2D eigenvalue weighted by molar-refractivity contribution is 0.102. The van der Waals surface area contributed by atoms with Gasteiger partial charge in [0, 0.05) is 7.05 Å². The van der Waals surface area contributed by atoms with Gasteiger partial charge in [-0.1, -0.05) is 5.21 Å². The SMILES string of the molecule is Cc1cc(NC(=O)c2cn(C)nn2)sn1. The van der Waals surface area contributed by atoms with Crippen LogP contribution in [0.15, 0.2) is 12.3 Å². The predicted octanol–water partition coefficient (Wildman–Crippen LogP) is 0.832. The summed E-state index contributed by atoms with van der Waals surface area (Å²) in [6.07, 6.45) is 1.56. The summed E-state index contributed by atoms with van der Waals surface area (Å²) in [6, 6.07) is 1.80. The van der Waals surface area contributed by atoms with E-state index in [-0.39, 0.29) is 5.91 Å². The highest BCUT2D eigenvalue weighted by Gasteiger charge is 2.10. The summed E-state index contributed by atoms with van der Waals surface area (Å²) in [5.74, 6) is -0.272. The number of aryl methyl sites for hydroxylation is 2. The van der Waals surface area contributed by atoms with Crippen LogP contribution in [0, 0.1) is 6.92 Å². The first-order valence-corrected chi connectivity index (χ1v) is 5.03. The lowest BCUT2D eigenvalue weighted by atomic mass is 10.4. The summed E-state index contributed by atoms with van der Waals surface area (Å²) in [4.78, 5) is 11.6. The van der Waals surface area contributed by atoms with E-state index in [0.717, 1.165) is 5.69 Å². The van der Waals surface area contributed by atoms with Crippen molar-refractivity contribution in [1.29, 1.82) is 0 Å². The van der Waals surface area contributed by atoms with Gasteiger partial charge < -0.3 is 5.32 Å². The third-order valence-electron chi connectivity index (χ3n) is 1.70. The Morgan fingerprint density at radius 1 is 1.60 bits per heavy atom. The van der Waals surface area contributed by atoms with Crippen LogP contribution in [0.3, 0.4) is 0 Å². The number of rotatable bonds is 2. The molecule has 0 atom stereocenters. The number of hydrogen-bond donors (Lipinski definition) is 1. The van der Waals surface area contributed by atoms with E-state index in [1.54, 1.807) is 19.3 Å². The van der Waals surface area contributed by atoms with Gasteiger partial charge in [-0.25, -0.2) is 0 Å². The molecule has 0 unspecified atom stereocenters. The number of amides is 1. The minimum atomic E-state index is -0.272. The van der Waals surface area contributed by atoms with E-state index in [1.807, 2.05) is 6.92 Å². The van der Waals surface area contributed by atoms with Crippen molar-refractivity contribution >= 4 is 22.4 Å². The highest BCUT2D eigenvalue weighted by atomic mass is 32.1. The molecule has 78 valence electrons. The van der Waals surface area contributed by atoms with Crippen LogP contribution in [0.1, 0.15) is 16.2 Å². The molecular weight excluding hydrogens is 214 g/mol. The number of hydrogen-bond acceptors (Lipinski definition) is 5. The Bertz CT molecular complexity index is 489. The summed E-state index contributed by atoms with van der Waals surface area (Å²) in [5.41, 5.74) is 1.18. The summed E-state index contributed by atoms with van der Waals surface area (Å²) in [6.45, 7) is 1.87. The van der Waals surface area contributed by atoms with Gasteiger partial charge in [-0.15, -0.1) is 5.10 Å². The summed E-state index contributed by atoms with van der Waals surface area (Å²) < 4.78 is 5.53. The van der Waals surface area contributed by atoms with Crippen LogP contribution < -0.4 is 5.32 Å². The van der Waals surface area contributed by atoms with Gasteiger partial charge in [-0.3, -0.25) is 9.48 Å². The highest BCUT2D eigenvalue weighted by molar-refractivity contribution is 7.10. The summed E-state index contributed by atoms with van der Waals surface area (Å²) in [7, 11) is 1.71. The van der Waals surface area contributed by atoms with Crippen molar-refractivity contribution in [3.8, 4) is 0 Å². The molecule has 0 bridgehead atoms. The van der Waals surface area contributed by atoms with Crippen molar-refractivity contribution < 1.29 is 4.79 Å². The predicted molar refractivity (Wildman–Crippen MR) is 55.8 cm³/mol. The van der Waals surface area contributed by atoms with E-state index in [0.29, 0.717) is 10.7 Å². The number of carbonyl (C=O) groups excluding carboxylic acids is 1. The second kappa shape index (κ2) is 3.77. The molecule has 15 heavy (non-hydrogen) atoms. The van der Waals surface area contributed by atoms with E-state index < -0.39 is 0 Å². The van der Waals surface area contributed by atoms with Crippen LogP contribution in [0.5, 0.6) is 0 Å². The molecule has 0 radical (unpaired) electrons. The molecule has 0 saturated heterocycles. The molecule has 0 spiro atoms. The molecular formula is C8H9N5OS. The van der Waals surface area contributed by atoms with Crippen molar-refractivity contribution in [1.82, 2.24) is 19.4 Å². The number of anilines is 1. The van der Waals surface area contributed by atoms with Gasteiger partial charge in [-0.05, 0) is 24.5 Å². The topological polar surface area (TPSA) is 72.7 Å². The molecule has 2 aromatic heterocycles. The van der Waals surface area contributed by atoms with Gasteiger partial charge in [0.2, 0.25) is 0 Å². The maximum Gasteiger partial charge on any atom is 0.278 e. The normalized spacial score (nSPS) is 10.3. The van der Waals surface area contributed by atoms with Crippen LogP contribution in [0.4, 0.5) is 5.00 Å². The van der Waals surface area contributed by atoms with E-state index in [2.05, 4.69) is 20.0 Å². The van der Waals surface area contributed by atoms with Gasteiger partial charge in [0.15, 0.2) is 5.69 Å². The fourth-order valence-corrected chi connectivity index (χ4v) is 1.71. The summed E-state index contributed by atoms with van der Waals surface area (Å²) in [5, 5.41) is 10.8. The zero-order valence-corrected chi connectivity index (χ0v) is 9.08. The van der Waals surface area contributed by atoms with Gasteiger partial charge >= 0.3 is 0 Å². The maximum absolute atomic E-state index is 11.6. The highest BCUT2D eigenvalue weighted by Crippen LogP contribution is 2.15. The lowest BCUT2D eigenvalue weighted by Gasteiger charge is -1.95. The Balaban J connectivity index is 2.10. The minimum absolute atomic E-state index is 0.272. The largest absolute Gasteiger partial charge is 0.311 e. The Hall–Kier alpha value is -1.76. The molecule has 2 heterocycles. The van der Waals surface area contributed by atoms with Crippen molar-refractivity contribution in [2.75, 3.05) is 5.32 Å². The molecule has 0 fully saturated rings. The van der Waals surface area contributed by atoms with E-state index >= 15 is 0 Å². The number of carbonyl (C=O) groups is 1. The first-order chi connectivity index (χ1) is 7.15. The van der Waals surface area contributed by atoms with Crippen LogP contribution in [-0.2, 0) is 7.05 Å². The van der Waals surface area contributed by atoms with Crippen molar-refractivity contribution in [3.63, 3.8) is 0 Å². The average Bonchev–Trinajstić information content (AvgIpc) is 2.75. The molecule has 0 aliphatic heterocycles. The number of aromatic nitrogens is 4. The molecule has 0 aliphatic carbocycles. The Labute approximate surface area is 90.1 Å². The molecule has 6 nitrogen and oxygen atoms in total. The average molecular weight is 223 g/mol. The maximum atomic E-state index is 11.6. The van der Waals surface area contributed by atoms with Crippen molar-refractivity contribution in [2.24, 2.45) is 7.05 Å². The van der Waals surface area contributed by atoms with E-state index in [1.165, 1.54) is 16.2 Å². The molecule has 0 aliphatic rings. The van der Waals surface area contributed by atoms with Crippen LogP contribution >= 0.6 is 11.5 Å². The van der Waals surface area contributed by atoms with Crippen LogP contribution in [0.2, 0.25) is 0 Å². The fraction of sp³-hybridized carbons (Fsp3) is 0.250. The van der Waals surface area contributed by atoms with E-state index in [4.69, 9.17) is 0 Å². The third kappa shape index (κ3) is 2.18. The Morgan fingerprint density at radius 3 is 2.93 bits per heavy atom. The smallest absolute Gasteiger partial charge is 0.278 e.